The molecule has 0 aromatic carbocycles. The van der Waals surface area contributed by atoms with Crippen molar-refractivity contribution in [1.29, 1.82) is 0 Å². The lowest BCUT2D eigenvalue weighted by Gasteiger charge is -2.11. The Kier molecular flexibility index (Phi) is 13.0. The van der Waals surface area contributed by atoms with E-state index in [9.17, 15) is 4.79 Å². The number of ether oxygens (including phenoxy) is 1. The molecule has 154 valence electrons. The predicted molar refractivity (Wildman–Crippen MR) is 105 cm³/mol. The molecule has 0 unspecified atom stereocenters. The summed E-state index contributed by atoms with van der Waals surface area (Å²) in [6.07, 6.45) is 4.91. The van der Waals surface area contributed by atoms with E-state index in [1.807, 2.05) is 20.8 Å². The lowest BCUT2D eigenvalue weighted by molar-refractivity contribution is -0.147. The van der Waals surface area contributed by atoms with E-state index in [1.54, 1.807) is 34.6 Å². The molecule has 3 N–H and O–H groups in total. The van der Waals surface area contributed by atoms with Gasteiger partial charge in [-0.1, -0.05) is 14.4 Å². The minimum atomic E-state index is -0.500. The van der Waals surface area contributed by atoms with Crippen LogP contribution in [0.5, 0.6) is 0 Å². The van der Waals surface area contributed by atoms with E-state index < -0.39 is 11.2 Å². The highest BCUT2D eigenvalue weighted by Crippen LogP contribution is 2.38. The van der Waals surface area contributed by atoms with Gasteiger partial charge in [-0.3, -0.25) is 4.79 Å². The number of carbonyl (C=O) groups is 1. The van der Waals surface area contributed by atoms with Gasteiger partial charge in [-0.25, -0.2) is 0 Å². The van der Waals surface area contributed by atoms with Crippen LogP contribution in [-0.2, 0) is 9.53 Å². The maximum atomic E-state index is 10.3. The Morgan fingerprint density at radius 2 is 1.24 bits per heavy atom. The van der Waals surface area contributed by atoms with E-state index in [1.165, 1.54) is 6.92 Å². The minimum Gasteiger partial charge on any atom is -0.460 e. The van der Waals surface area contributed by atoms with Crippen LogP contribution in [0.2, 0.25) is 0 Å². The fraction of sp³-hybridized carbons (Fsp3) is 0.950. The molecule has 25 heavy (non-hydrogen) atoms. The highest BCUT2D eigenvalue weighted by atomic mass is 16.6. The second-order valence-electron chi connectivity index (χ2n) is 8.88. The van der Waals surface area contributed by atoms with Gasteiger partial charge in [0.15, 0.2) is 0 Å². The van der Waals surface area contributed by atoms with Crippen molar-refractivity contribution < 1.29 is 24.9 Å². The monoisotopic (exact) mass is 364 g/mol. The first-order chi connectivity index (χ1) is 10.4. The zero-order valence-corrected chi connectivity index (χ0v) is 17.2. The Labute approximate surface area is 155 Å². The summed E-state index contributed by atoms with van der Waals surface area (Å²) >= 11 is 0. The molecule has 0 heterocycles. The van der Waals surface area contributed by atoms with E-state index in [2.05, 4.69) is 0 Å². The summed E-state index contributed by atoms with van der Waals surface area (Å²) in [6, 6.07) is 0. The number of esters is 1. The van der Waals surface area contributed by atoms with Crippen LogP contribution in [0.15, 0.2) is 0 Å². The maximum absolute atomic E-state index is 10.3. The van der Waals surface area contributed by atoms with Gasteiger partial charge >= 0.3 is 5.97 Å². The molecule has 0 saturated heterocycles. The van der Waals surface area contributed by atoms with Crippen LogP contribution in [0, 0.1) is 0 Å². The van der Waals surface area contributed by atoms with Crippen LogP contribution in [-0.4, -0.2) is 43.7 Å². The molecule has 0 spiro atoms. The predicted octanol–water partition coefficient (Wildman–Crippen LogP) is 4.21. The van der Waals surface area contributed by atoms with Crippen molar-refractivity contribution in [3.8, 4) is 0 Å². The second kappa shape index (κ2) is 11.1. The lowest BCUT2D eigenvalue weighted by Crippen LogP contribution is -2.15. The second-order valence-corrected chi connectivity index (χ2v) is 8.88. The molecule has 2 fully saturated rings. The van der Waals surface area contributed by atoms with E-state index in [0.717, 1.165) is 32.1 Å². The zero-order valence-electron chi connectivity index (χ0n) is 17.2. The molecule has 0 aliphatic heterocycles. The van der Waals surface area contributed by atoms with Crippen LogP contribution < -0.4 is 0 Å². The summed E-state index contributed by atoms with van der Waals surface area (Å²) in [5.74, 6) is -0.162. The summed E-state index contributed by atoms with van der Waals surface area (Å²) in [6.45, 7) is 16.0. The van der Waals surface area contributed by atoms with Crippen LogP contribution >= 0.6 is 0 Å². The van der Waals surface area contributed by atoms with Gasteiger partial charge in [0.2, 0.25) is 0 Å². The van der Waals surface area contributed by atoms with Gasteiger partial charge in [0.05, 0.1) is 16.8 Å². The first-order valence-corrected chi connectivity index (χ1v) is 8.76. The van der Waals surface area contributed by atoms with Crippen LogP contribution in [0.4, 0.5) is 0 Å². The Morgan fingerprint density at radius 1 is 1.00 bits per heavy atom. The number of aliphatic hydroxyl groups is 3. The molecule has 2 aliphatic carbocycles. The van der Waals surface area contributed by atoms with Crippen LogP contribution in [0.3, 0.4) is 0 Å². The smallest absolute Gasteiger partial charge is 0.303 e. The molecule has 0 atom stereocenters. The Bertz CT molecular complexity index is 341. The first kappa shape index (κ1) is 29.1. The highest BCUT2D eigenvalue weighted by Gasteiger charge is 2.40. The number of hydrogen-bond acceptors (Lipinski definition) is 5. The molecule has 2 aliphatic rings. The van der Waals surface area contributed by atoms with Gasteiger partial charge in [-0.15, -0.1) is 0 Å². The van der Waals surface area contributed by atoms with Crippen molar-refractivity contribution in [3.63, 3.8) is 0 Å². The minimum absolute atomic E-state index is 0. The van der Waals surface area contributed by atoms with Gasteiger partial charge in [-0.05, 0) is 80.6 Å². The number of rotatable bonds is 2. The van der Waals surface area contributed by atoms with Crippen molar-refractivity contribution >= 4 is 5.97 Å². The number of hydrogen-bond donors (Lipinski definition) is 3. The number of carbonyl (C=O) groups excluding carboxylic acids is 1. The Morgan fingerprint density at radius 3 is 1.28 bits per heavy atom. The van der Waals surface area contributed by atoms with Gasteiger partial charge < -0.3 is 20.1 Å². The van der Waals surface area contributed by atoms with Crippen molar-refractivity contribution in [2.45, 2.75) is 124 Å². The molecular weight excluding hydrogens is 320 g/mol. The van der Waals surface area contributed by atoms with Crippen LogP contribution in [0.25, 0.3) is 0 Å². The molecule has 0 aromatic heterocycles. The molecule has 5 nitrogen and oxygen atoms in total. The molecule has 5 heteroatoms. The lowest BCUT2D eigenvalue weighted by atomic mass is 10.1. The summed E-state index contributed by atoms with van der Waals surface area (Å²) in [5.41, 5.74) is -1.29. The SMILES string of the molecule is C.CC(=O)OC1(C)CC1.CC(C)(C)O.CC1(O)CC1.CCC(C)(C)O. The van der Waals surface area contributed by atoms with E-state index >= 15 is 0 Å². The van der Waals surface area contributed by atoms with Crippen molar-refractivity contribution in [3.05, 3.63) is 0 Å². The normalized spacial score (nSPS) is 18.4. The average molecular weight is 365 g/mol. The molecule has 0 amide bonds. The van der Waals surface area contributed by atoms with Gasteiger partial charge in [0.25, 0.3) is 0 Å². The Balaban J connectivity index is -0.000000260. The van der Waals surface area contributed by atoms with E-state index in [4.69, 9.17) is 20.1 Å². The largest absolute Gasteiger partial charge is 0.460 e. The first-order valence-electron chi connectivity index (χ1n) is 8.76. The van der Waals surface area contributed by atoms with Crippen LogP contribution in [0.1, 0.15) is 102 Å². The fourth-order valence-electron chi connectivity index (χ4n) is 0.806. The van der Waals surface area contributed by atoms with Crippen molar-refractivity contribution in [2.24, 2.45) is 0 Å². The summed E-state index contributed by atoms with van der Waals surface area (Å²) in [4.78, 5) is 10.3. The third kappa shape index (κ3) is 35.4. The zero-order chi connectivity index (χ0) is 19.8. The highest BCUT2D eigenvalue weighted by molar-refractivity contribution is 5.66. The van der Waals surface area contributed by atoms with Gasteiger partial charge in [0.1, 0.15) is 5.60 Å². The summed E-state index contributed by atoms with van der Waals surface area (Å²) < 4.78 is 4.91. The van der Waals surface area contributed by atoms with Gasteiger partial charge in [-0.2, -0.15) is 0 Å². The molecule has 0 radical (unpaired) electrons. The Hall–Kier alpha value is -0.650. The summed E-state index contributed by atoms with van der Waals surface area (Å²) in [7, 11) is 0. The third-order valence-electron chi connectivity index (χ3n) is 3.18. The van der Waals surface area contributed by atoms with Crippen molar-refractivity contribution in [2.75, 3.05) is 0 Å². The topological polar surface area (TPSA) is 87.0 Å². The molecule has 0 aromatic rings. The molecular formula is C20H44O5. The van der Waals surface area contributed by atoms with E-state index in [-0.39, 0.29) is 24.6 Å². The molecule has 0 bridgehead atoms. The molecule has 2 rings (SSSR count). The fourth-order valence-corrected chi connectivity index (χ4v) is 0.806. The standard InChI is InChI=1S/C6H10O2.C5H12O.C4H8O.C4H10O.CH4/c1-5(7)8-6(2)3-4-6;1-4-5(2,3)6;1-4(5)2-3-4;1-4(2,3)5;/h3-4H2,1-2H3;6H,4H2,1-3H3;5H,2-3H2,1H3;5H,1-3H3;1H4. The summed E-state index contributed by atoms with van der Waals surface area (Å²) in [5, 5.41) is 26.0. The van der Waals surface area contributed by atoms with Gasteiger partial charge in [0, 0.05) is 6.92 Å². The third-order valence-corrected chi connectivity index (χ3v) is 3.18. The molecule has 2 saturated carbocycles. The maximum Gasteiger partial charge on any atom is 0.303 e. The van der Waals surface area contributed by atoms with Crippen molar-refractivity contribution in [1.82, 2.24) is 0 Å². The quantitative estimate of drug-likeness (QED) is 0.639. The average Bonchev–Trinajstić information content (AvgIpc) is 3.18. The van der Waals surface area contributed by atoms with E-state index in [0.29, 0.717) is 0 Å².